The van der Waals surface area contributed by atoms with Crippen LogP contribution >= 0.6 is 15.9 Å². The van der Waals surface area contributed by atoms with Gasteiger partial charge in [-0.2, -0.15) is 0 Å². The van der Waals surface area contributed by atoms with Crippen LogP contribution in [0.3, 0.4) is 0 Å². The summed E-state index contributed by atoms with van der Waals surface area (Å²) in [5, 5.41) is 0. The Labute approximate surface area is 112 Å². The molecule has 3 heteroatoms. The number of carbonyl (C=O) groups is 1. The van der Waals surface area contributed by atoms with Crippen LogP contribution in [-0.4, -0.2) is 11.9 Å². The summed E-state index contributed by atoms with van der Waals surface area (Å²) in [6.07, 6.45) is 2.46. The Kier molecular flexibility index (Phi) is 5.69. The number of benzene rings is 1. The summed E-state index contributed by atoms with van der Waals surface area (Å²) in [6, 6.07) is 8.17. The number of nitrogens with zero attached hydrogens (tertiary/aromatic N) is 1. The van der Waals surface area contributed by atoms with Gasteiger partial charge in [-0.15, -0.1) is 0 Å². The van der Waals surface area contributed by atoms with Gasteiger partial charge in [0.15, 0.2) is 0 Å². The molecule has 1 rings (SSSR count). The van der Waals surface area contributed by atoms with Crippen LogP contribution in [-0.2, 0) is 4.79 Å². The number of hydrogen-bond donors (Lipinski definition) is 0. The Balaban J connectivity index is 3.01. The largest absolute Gasteiger partial charge is 0.310 e. The normalized spacial score (nSPS) is 12.2. The molecule has 1 aromatic carbocycles. The molecule has 1 unspecified atom stereocenters. The van der Waals surface area contributed by atoms with Crippen molar-refractivity contribution in [3.63, 3.8) is 0 Å². The van der Waals surface area contributed by atoms with Crippen LogP contribution in [0.4, 0.5) is 5.69 Å². The molecule has 0 radical (unpaired) electrons. The van der Waals surface area contributed by atoms with E-state index in [4.69, 9.17) is 0 Å². The summed E-state index contributed by atoms with van der Waals surface area (Å²) in [6.45, 7) is 6.23. The van der Waals surface area contributed by atoms with E-state index >= 15 is 0 Å². The average molecular weight is 298 g/mol. The summed E-state index contributed by atoms with van der Waals surface area (Å²) in [5.41, 5.74) is 0.979. The first kappa shape index (κ1) is 14.2. The fraction of sp³-hybridized carbons (Fsp3) is 0.500. The number of hydrogen-bond acceptors (Lipinski definition) is 1. The SMILES string of the molecule is CCCC(=O)N(c1cccc(Br)c1)C(C)CC. The van der Waals surface area contributed by atoms with Gasteiger partial charge in [0.1, 0.15) is 0 Å². The van der Waals surface area contributed by atoms with Crippen LogP contribution in [0.25, 0.3) is 0 Å². The lowest BCUT2D eigenvalue weighted by Crippen LogP contribution is -2.38. The van der Waals surface area contributed by atoms with E-state index in [9.17, 15) is 4.79 Å². The molecule has 0 saturated heterocycles. The van der Waals surface area contributed by atoms with Crippen molar-refractivity contribution < 1.29 is 4.79 Å². The molecular weight excluding hydrogens is 278 g/mol. The summed E-state index contributed by atoms with van der Waals surface area (Å²) < 4.78 is 1.01. The van der Waals surface area contributed by atoms with Crippen molar-refractivity contribution in [3.05, 3.63) is 28.7 Å². The molecule has 1 atom stereocenters. The van der Waals surface area contributed by atoms with Crippen LogP contribution in [0.5, 0.6) is 0 Å². The second kappa shape index (κ2) is 6.80. The van der Waals surface area contributed by atoms with Gasteiger partial charge in [-0.3, -0.25) is 4.79 Å². The van der Waals surface area contributed by atoms with Gasteiger partial charge in [-0.05, 0) is 38.0 Å². The highest BCUT2D eigenvalue weighted by Crippen LogP contribution is 2.23. The summed E-state index contributed by atoms with van der Waals surface area (Å²) in [7, 11) is 0. The van der Waals surface area contributed by atoms with Gasteiger partial charge in [0.05, 0.1) is 0 Å². The standard InChI is InChI=1S/C14H20BrNO/c1-4-7-14(17)16(11(3)5-2)13-9-6-8-12(15)10-13/h6,8-11H,4-5,7H2,1-3H3. The second-order valence-corrected chi connectivity index (χ2v) is 5.17. The Morgan fingerprint density at radius 3 is 2.65 bits per heavy atom. The van der Waals surface area contributed by atoms with Gasteiger partial charge in [0.25, 0.3) is 0 Å². The maximum atomic E-state index is 12.2. The number of anilines is 1. The van der Waals surface area contributed by atoms with E-state index in [2.05, 4.69) is 29.8 Å². The number of carbonyl (C=O) groups excluding carboxylic acids is 1. The van der Waals surface area contributed by atoms with Crippen molar-refractivity contribution in [1.29, 1.82) is 0 Å². The molecule has 0 N–H and O–H groups in total. The zero-order valence-electron chi connectivity index (χ0n) is 10.7. The van der Waals surface area contributed by atoms with E-state index in [0.717, 1.165) is 23.0 Å². The Morgan fingerprint density at radius 2 is 2.12 bits per heavy atom. The fourth-order valence-corrected chi connectivity index (χ4v) is 2.17. The van der Waals surface area contributed by atoms with Gasteiger partial charge in [0.2, 0.25) is 5.91 Å². The molecule has 0 fully saturated rings. The van der Waals surface area contributed by atoms with E-state index in [1.807, 2.05) is 36.1 Å². The first-order chi connectivity index (χ1) is 8.10. The third-order valence-electron chi connectivity index (χ3n) is 2.85. The molecular formula is C14H20BrNO. The molecule has 1 amide bonds. The zero-order valence-corrected chi connectivity index (χ0v) is 12.3. The van der Waals surface area contributed by atoms with Crippen molar-refractivity contribution in [3.8, 4) is 0 Å². The molecule has 0 bridgehead atoms. The molecule has 17 heavy (non-hydrogen) atoms. The topological polar surface area (TPSA) is 20.3 Å². The first-order valence-electron chi connectivity index (χ1n) is 6.17. The third-order valence-corrected chi connectivity index (χ3v) is 3.34. The summed E-state index contributed by atoms with van der Waals surface area (Å²) in [5.74, 6) is 0.208. The molecule has 0 aliphatic heterocycles. The Morgan fingerprint density at radius 1 is 1.41 bits per heavy atom. The van der Waals surface area contributed by atoms with E-state index in [1.54, 1.807) is 0 Å². The van der Waals surface area contributed by atoms with Gasteiger partial charge in [-0.1, -0.05) is 35.8 Å². The van der Waals surface area contributed by atoms with Crippen molar-refractivity contribution in [2.24, 2.45) is 0 Å². The Bertz CT molecular complexity index is 378. The van der Waals surface area contributed by atoms with Gasteiger partial charge in [0, 0.05) is 22.6 Å². The van der Waals surface area contributed by atoms with Crippen LogP contribution in [0.1, 0.15) is 40.0 Å². The molecule has 0 heterocycles. The minimum absolute atomic E-state index is 0.208. The predicted octanol–water partition coefficient (Wildman–Crippen LogP) is 4.38. The van der Waals surface area contributed by atoms with Gasteiger partial charge in [-0.25, -0.2) is 0 Å². The van der Waals surface area contributed by atoms with Crippen molar-refractivity contribution >= 4 is 27.5 Å². The molecule has 0 aliphatic carbocycles. The lowest BCUT2D eigenvalue weighted by molar-refractivity contribution is -0.119. The first-order valence-corrected chi connectivity index (χ1v) is 6.97. The molecule has 0 aromatic heterocycles. The number of amides is 1. The molecule has 1 aromatic rings. The molecule has 0 spiro atoms. The lowest BCUT2D eigenvalue weighted by atomic mass is 10.1. The third kappa shape index (κ3) is 3.84. The quantitative estimate of drug-likeness (QED) is 0.790. The summed E-state index contributed by atoms with van der Waals surface area (Å²) >= 11 is 3.45. The maximum Gasteiger partial charge on any atom is 0.227 e. The number of rotatable bonds is 5. The molecule has 0 aliphatic rings. The van der Waals surface area contributed by atoms with Crippen LogP contribution in [0, 0.1) is 0 Å². The van der Waals surface area contributed by atoms with Gasteiger partial charge < -0.3 is 4.90 Å². The van der Waals surface area contributed by atoms with Crippen LogP contribution in [0.2, 0.25) is 0 Å². The summed E-state index contributed by atoms with van der Waals surface area (Å²) in [4.78, 5) is 14.1. The highest BCUT2D eigenvalue weighted by atomic mass is 79.9. The van der Waals surface area contributed by atoms with Crippen LogP contribution in [0.15, 0.2) is 28.7 Å². The van der Waals surface area contributed by atoms with E-state index in [1.165, 1.54) is 0 Å². The highest BCUT2D eigenvalue weighted by Gasteiger charge is 2.19. The van der Waals surface area contributed by atoms with Crippen molar-refractivity contribution in [2.45, 2.75) is 46.1 Å². The fourth-order valence-electron chi connectivity index (χ4n) is 1.79. The minimum Gasteiger partial charge on any atom is -0.310 e. The Hall–Kier alpha value is -0.830. The second-order valence-electron chi connectivity index (χ2n) is 4.25. The van der Waals surface area contributed by atoms with Crippen molar-refractivity contribution in [1.82, 2.24) is 0 Å². The maximum absolute atomic E-state index is 12.2. The highest BCUT2D eigenvalue weighted by molar-refractivity contribution is 9.10. The van der Waals surface area contributed by atoms with E-state index in [0.29, 0.717) is 6.42 Å². The lowest BCUT2D eigenvalue weighted by Gasteiger charge is -2.29. The van der Waals surface area contributed by atoms with E-state index in [-0.39, 0.29) is 11.9 Å². The predicted molar refractivity (Wildman–Crippen MR) is 76.3 cm³/mol. The molecule has 94 valence electrons. The van der Waals surface area contributed by atoms with Crippen molar-refractivity contribution in [2.75, 3.05) is 4.90 Å². The minimum atomic E-state index is 0.208. The smallest absolute Gasteiger partial charge is 0.227 e. The number of halogens is 1. The average Bonchev–Trinajstić information content (AvgIpc) is 2.29. The van der Waals surface area contributed by atoms with Gasteiger partial charge >= 0.3 is 0 Å². The van der Waals surface area contributed by atoms with Crippen LogP contribution < -0.4 is 4.90 Å². The van der Waals surface area contributed by atoms with E-state index < -0.39 is 0 Å². The molecule has 0 saturated carbocycles. The monoisotopic (exact) mass is 297 g/mol. The molecule has 2 nitrogen and oxygen atoms in total. The zero-order chi connectivity index (χ0) is 12.8.